The number of benzene rings is 1. The van der Waals surface area contributed by atoms with Gasteiger partial charge in [-0.3, -0.25) is 4.79 Å². The molecule has 1 aromatic carbocycles. The van der Waals surface area contributed by atoms with Crippen LogP contribution in [-0.4, -0.2) is 36.4 Å². The van der Waals surface area contributed by atoms with Gasteiger partial charge in [0.2, 0.25) is 10.0 Å². The van der Waals surface area contributed by atoms with Crippen LogP contribution in [0.25, 0.3) is 0 Å². The van der Waals surface area contributed by atoms with E-state index in [1.165, 1.54) is 0 Å². The molecular formula is C14H16N2O4S. The maximum Gasteiger partial charge on any atom is 0.322 e. The van der Waals surface area contributed by atoms with Gasteiger partial charge in [0, 0.05) is 6.54 Å². The fourth-order valence-corrected chi connectivity index (χ4v) is 4.22. The van der Waals surface area contributed by atoms with Gasteiger partial charge in [0.25, 0.3) is 0 Å². The van der Waals surface area contributed by atoms with E-state index in [1.807, 2.05) is 6.07 Å². The first-order chi connectivity index (χ1) is 9.94. The van der Waals surface area contributed by atoms with E-state index in [9.17, 15) is 13.2 Å². The van der Waals surface area contributed by atoms with E-state index in [4.69, 9.17) is 10.4 Å². The molecule has 1 N–H and O–H groups in total. The number of sulfonamides is 1. The van der Waals surface area contributed by atoms with Crippen LogP contribution >= 0.6 is 0 Å². The molecule has 6 nitrogen and oxygen atoms in total. The molecule has 0 radical (unpaired) electrons. The number of nitrogens with zero attached hydrogens (tertiary/aromatic N) is 2. The molecule has 0 saturated carbocycles. The number of aliphatic carboxylic acids is 1. The van der Waals surface area contributed by atoms with E-state index in [0.29, 0.717) is 24.0 Å². The van der Waals surface area contributed by atoms with Crippen molar-refractivity contribution in [3.8, 4) is 6.07 Å². The lowest BCUT2D eigenvalue weighted by Crippen LogP contribution is -2.48. The van der Waals surface area contributed by atoms with Gasteiger partial charge < -0.3 is 5.11 Å². The van der Waals surface area contributed by atoms with Gasteiger partial charge >= 0.3 is 5.97 Å². The summed E-state index contributed by atoms with van der Waals surface area (Å²) >= 11 is 0. The highest BCUT2D eigenvalue weighted by Crippen LogP contribution is 2.23. The molecule has 1 aromatic rings. The normalized spacial score (nSPS) is 19.9. The second-order valence-corrected chi connectivity index (χ2v) is 6.95. The summed E-state index contributed by atoms with van der Waals surface area (Å²) in [5.74, 6) is -1.35. The maximum absolute atomic E-state index is 12.4. The minimum absolute atomic E-state index is 0.246. The van der Waals surface area contributed by atoms with Crippen molar-refractivity contribution in [2.45, 2.75) is 31.1 Å². The summed E-state index contributed by atoms with van der Waals surface area (Å²) < 4.78 is 25.9. The Hall–Kier alpha value is -1.91. The van der Waals surface area contributed by atoms with Gasteiger partial charge in [-0.25, -0.2) is 8.42 Å². The smallest absolute Gasteiger partial charge is 0.322 e. The largest absolute Gasteiger partial charge is 0.480 e. The molecule has 0 amide bonds. The summed E-state index contributed by atoms with van der Waals surface area (Å²) in [7, 11) is -3.68. The van der Waals surface area contributed by atoms with Gasteiger partial charge in [-0.1, -0.05) is 12.1 Å². The Bertz CT molecular complexity index is 661. The number of carboxylic acids is 1. The molecule has 0 aliphatic carbocycles. The summed E-state index contributed by atoms with van der Waals surface area (Å²) in [6.45, 7) is 0.246. The number of carbonyl (C=O) groups is 1. The zero-order chi connectivity index (χ0) is 15.5. The van der Waals surface area contributed by atoms with Gasteiger partial charge in [-0.15, -0.1) is 0 Å². The number of rotatable bonds is 4. The molecule has 0 aromatic heterocycles. The Morgan fingerprint density at radius 3 is 2.57 bits per heavy atom. The second-order valence-electron chi connectivity index (χ2n) is 5.03. The first kappa shape index (κ1) is 15.5. The monoisotopic (exact) mass is 308 g/mol. The van der Waals surface area contributed by atoms with E-state index in [0.717, 1.165) is 10.7 Å². The van der Waals surface area contributed by atoms with Crippen LogP contribution in [0.3, 0.4) is 0 Å². The van der Waals surface area contributed by atoms with Crippen LogP contribution < -0.4 is 0 Å². The maximum atomic E-state index is 12.4. The minimum Gasteiger partial charge on any atom is -0.480 e. The van der Waals surface area contributed by atoms with Crippen LogP contribution in [0.15, 0.2) is 24.3 Å². The Kier molecular flexibility index (Phi) is 4.60. The quantitative estimate of drug-likeness (QED) is 0.904. The summed E-state index contributed by atoms with van der Waals surface area (Å²) in [6.07, 6.45) is 1.75. The molecule has 2 rings (SSSR count). The van der Waals surface area contributed by atoms with Crippen LogP contribution in [0.4, 0.5) is 0 Å². The van der Waals surface area contributed by atoms with Crippen molar-refractivity contribution in [3.63, 3.8) is 0 Å². The fourth-order valence-electron chi connectivity index (χ4n) is 2.45. The summed E-state index contributed by atoms with van der Waals surface area (Å²) in [4.78, 5) is 11.2. The molecule has 1 saturated heterocycles. The van der Waals surface area contributed by atoms with Crippen LogP contribution in [-0.2, 0) is 20.6 Å². The predicted octanol–water partition coefficient (Wildman–Crippen LogP) is 1.33. The van der Waals surface area contributed by atoms with Crippen molar-refractivity contribution in [3.05, 3.63) is 35.4 Å². The summed E-state index contributed by atoms with van der Waals surface area (Å²) in [5, 5.41) is 17.9. The number of hydrogen-bond donors (Lipinski definition) is 1. The topological polar surface area (TPSA) is 98.5 Å². The highest BCUT2D eigenvalue weighted by atomic mass is 32.2. The van der Waals surface area contributed by atoms with Crippen LogP contribution in [0, 0.1) is 11.3 Å². The number of hydrogen-bond acceptors (Lipinski definition) is 4. The van der Waals surface area contributed by atoms with Crippen molar-refractivity contribution in [2.24, 2.45) is 0 Å². The molecule has 1 fully saturated rings. The standard InChI is InChI=1S/C14H16N2O4S/c15-9-11-4-6-12(7-5-11)10-21(19,20)16-8-2-1-3-13(16)14(17)18/h4-7,13H,1-3,8,10H2,(H,17,18). The first-order valence-corrected chi connectivity index (χ1v) is 8.26. The molecule has 0 spiro atoms. The Labute approximate surface area is 123 Å². The average molecular weight is 308 g/mol. The van der Waals surface area contributed by atoms with Crippen LogP contribution in [0.2, 0.25) is 0 Å². The number of carboxylic acid groups (broad SMARTS) is 1. The van der Waals surface area contributed by atoms with Crippen molar-refractivity contribution in [1.82, 2.24) is 4.31 Å². The van der Waals surface area contributed by atoms with E-state index in [2.05, 4.69) is 0 Å². The van der Waals surface area contributed by atoms with Crippen molar-refractivity contribution < 1.29 is 18.3 Å². The third-order valence-corrected chi connectivity index (χ3v) is 5.38. The van der Waals surface area contributed by atoms with Gasteiger partial charge in [0.1, 0.15) is 6.04 Å². The lowest BCUT2D eigenvalue weighted by molar-refractivity contribution is -0.142. The zero-order valence-corrected chi connectivity index (χ0v) is 12.2. The van der Waals surface area contributed by atoms with Crippen molar-refractivity contribution >= 4 is 16.0 Å². The van der Waals surface area contributed by atoms with Gasteiger partial charge in [0.05, 0.1) is 17.4 Å². The van der Waals surface area contributed by atoms with E-state index in [1.54, 1.807) is 24.3 Å². The average Bonchev–Trinajstić information content (AvgIpc) is 2.47. The third kappa shape index (κ3) is 3.60. The van der Waals surface area contributed by atoms with Gasteiger partial charge in [-0.2, -0.15) is 9.57 Å². The van der Waals surface area contributed by atoms with Gasteiger partial charge in [0.15, 0.2) is 0 Å². The molecule has 112 valence electrons. The summed E-state index contributed by atoms with van der Waals surface area (Å²) in [6, 6.07) is 7.26. The van der Waals surface area contributed by atoms with Gasteiger partial charge in [-0.05, 0) is 37.0 Å². The molecular weight excluding hydrogens is 292 g/mol. The zero-order valence-electron chi connectivity index (χ0n) is 11.4. The molecule has 1 heterocycles. The molecule has 1 aliphatic heterocycles. The first-order valence-electron chi connectivity index (χ1n) is 6.65. The van der Waals surface area contributed by atoms with E-state index in [-0.39, 0.29) is 12.3 Å². The fraction of sp³-hybridized carbons (Fsp3) is 0.429. The SMILES string of the molecule is N#Cc1ccc(CS(=O)(=O)N2CCCCC2C(=O)O)cc1. The van der Waals surface area contributed by atoms with Crippen LogP contribution in [0.5, 0.6) is 0 Å². The van der Waals surface area contributed by atoms with E-state index < -0.39 is 22.0 Å². The van der Waals surface area contributed by atoms with Crippen molar-refractivity contribution in [2.75, 3.05) is 6.54 Å². The molecule has 1 atom stereocenters. The molecule has 7 heteroatoms. The molecule has 0 bridgehead atoms. The summed E-state index contributed by atoms with van der Waals surface area (Å²) in [5.41, 5.74) is 1.00. The Morgan fingerprint density at radius 2 is 2.00 bits per heavy atom. The highest BCUT2D eigenvalue weighted by molar-refractivity contribution is 7.88. The number of nitriles is 1. The molecule has 1 aliphatic rings. The van der Waals surface area contributed by atoms with Crippen molar-refractivity contribution in [1.29, 1.82) is 5.26 Å². The van der Waals surface area contributed by atoms with E-state index >= 15 is 0 Å². The highest BCUT2D eigenvalue weighted by Gasteiger charge is 2.36. The lowest BCUT2D eigenvalue weighted by Gasteiger charge is -2.31. The Balaban J connectivity index is 2.20. The number of piperidine rings is 1. The Morgan fingerprint density at radius 1 is 1.33 bits per heavy atom. The second kappa shape index (κ2) is 6.24. The van der Waals surface area contributed by atoms with Crippen LogP contribution in [0.1, 0.15) is 30.4 Å². The predicted molar refractivity (Wildman–Crippen MR) is 75.8 cm³/mol. The molecule has 21 heavy (non-hydrogen) atoms. The molecule has 1 unspecified atom stereocenters. The third-order valence-electron chi connectivity index (χ3n) is 3.53. The lowest BCUT2D eigenvalue weighted by atomic mass is 10.1. The minimum atomic E-state index is -3.68.